The molecule has 0 radical (unpaired) electrons. The van der Waals surface area contributed by atoms with Gasteiger partial charge in [-0.25, -0.2) is 4.79 Å². The number of carbonyl (C=O) groups excluding carboxylic acids is 1. The molecule has 1 rings (SSSR count). The van der Waals surface area contributed by atoms with E-state index in [2.05, 4.69) is 0 Å². The summed E-state index contributed by atoms with van der Waals surface area (Å²) in [4.78, 5) is 11.4. The zero-order chi connectivity index (χ0) is 10.7. The number of benzene rings is 1. The van der Waals surface area contributed by atoms with E-state index in [-0.39, 0.29) is 11.7 Å². The average Bonchev–Trinajstić information content (AvgIpc) is 2.11. The van der Waals surface area contributed by atoms with Crippen LogP contribution in [0.3, 0.4) is 0 Å². The second-order valence-corrected chi connectivity index (χ2v) is 4.83. The molecule has 0 bridgehead atoms. The maximum absolute atomic E-state index is 11.4. The monoisotopic (exact) mass is 418 g/mol. The molecule has 1 aromatic rings. The maximum Gasteiger partial charge on any atom is 0.339 e. The van der Waals surface area contributed by atoms with Crippen molar-refractivity contribution < 1.29 is 14.6 Å². The molecule has 0 aliphatic rings. The summed E-state index contributed by atoms with van der Waals surface area (Å²) in [7, 11) is 0. The van der Waals surface area contributed by atoms with Gasteiger partial charge in [0, 0.05) is 3.57 Å². The third-order valence-electron chi connectivity index (χ3n) is 1.53. The van der Waals surface area contributed by atoms with Crippen LogP contribution in [-0.2, 0) is 4.74 Å². The van der Waals surface area contributed by atoms with Gasteiger partial charge in [-0.3, -0.25) is 0 Å². The number of carbonyl (C=O) groups is 1. The Labute approximate surface area is 109 Å². The smallest absolute Gasteiger partial charge is 0.339 e. The molecule has 0 fully saturated rings. The molecule has 0 heterocycles. The molecule has 0 spiro atoms. The van der Waals surface area contributed by atoms with Gasteiger partial charge in [-0.05, 0) is 64.2 Å². The van der Waals surface area contributed by atoms with Crippen LogP contribution in [0, 0.1) is 7.14 Å². The Morgan fingerprint density at radius 2 is 2.07 bits per heavy atom. The zero-order valence-corrected chi connectivity index (χ0v) is 11.7. The molecular formula is C9H8I2O3. The highest BCUT2D eigenvalue weighted by atomic mass is 127. The van der Waals surface area contributed by atoms with Crippen LogP contribution in [0.15, 0.2) is 12.1 Å². The minimum Gasteiger partial charge on any atom is -0.507 e. The van der Waals surface area contributed by atoms with Crippen molar-refractivity contribution in [1.29, 1.82) is 0 Å². The maximum atomic E-state index is 11.4. The molecule has 0 atom stereocenters. The van der Waals surface area contributed by atoms with E-state index >= 15 is 0 Å². The molecule has 0 aromatic heterocycles. The third-order valence-corrected chi connectivity index (χ3v) is 3.29. The predicted octanol–water partition coefficient (Wildman–Crippen LogP) is 2.78. The Morgan fingerprint density at radius 3 is 2.64 bits per heavy atom. The Kier molecular flexibility index (Phi) is 4.42. The summed E-state index contributed by atoms with van der Waals surface area (Å²) in [5.41, 5.74) is 0.495. The van der Waals surface area contributed by atoms with Crippen LogP contribution in [0.5, 0.6) is 5.75 Å². The van der Waals surface area contributed by atoms with E-state index in [4.69, 9.17) is 4.74 Å². The summed E-state index contributed by atoms with van der Waals surface area (Å²) in [5, 5.41) is 9.37. The van der Waals surface area contributed by atoms with Crippen molar-refractivity contribution in [3.8, 4) is 5.75 Å². The lowest BCUT2D eigenvalue weighted by atomic mass is 10.2. The molecule has 1 N–H and O–H groups in total. The number of esters is 1. The fourth-order valence-electron chi connectivity index (χ4n) is 0.902. The highest BCUT2D eigenvalue weighted by Gasteiger charge is 2.13. The van der Waals surface area contributed by atoms with E-state index in [0.717, 1.165) is 0 Å². The number of aromatic hydroxyl groups is 1. The van der Waals surface area contributed by atoms with E-state index in [1.54, 1.807) is 19.1 Å². The highest BCUT2D eigenvalue weighted by Crippen LogP contribution is 2.25. The standard InChI is InChI=1S/C9H8I2O3/c1-2-14-9(13)5-3-7(11)8(12)4-6(5)10/h3-4,12H,2H2,1H3. The average molecular weight is 418 g/mol. The van der Waals surface area contributed by atoms with E-state index < -0.39 is 0 Å². The van der Waals surface area contributed by atoms with Gasteiger partial charge in [0.1, 0.15) is 5.75 Å². The van der Waals surface area contributed by atoms with Gasteiger partial charge in [-0.2, -0.15) is 0 Å². The summed E-state index contributed by atoms with van der Waals surface area (Å²) < 4.78 is 6.21. The van der Waals surface area contributed by atoms with Crippen molar-refractivity contribution in [3.05, 3.63) is 24.8 Å². The second-order valence-electron chi connectivity index (χ2n) is 2.50. The minimum absolute atomic E-state index is 0.183. The Balaban J connectivity index is 3.09. The Morgan fingerprint density at radius 1 is 1.43 bits per heavy atom. The zero-order valence-electron chi connectivity index (χ0n) is 7.38. The van der Waals surface area contributed by atoms with Crippen molar-refractivity contribution in [3.63, 3.8) is 0 Å². The number of hydrogen-bond acceptors (Lipinski definition) is 3. The molecule has 5 heteroatoms. The lowest BCUT2D eigenvalue weighted by molar-refractivity contribution is 0.0525. The summed E-state index contributed by atoms with van der Waals surface area (Å²) in [6.45, 7) is 2.11. The molecule has 0 unspecified atom stereocenters. The fraction of sp³-hybridized carbons (Fsp3) is 0.222. The Bertz CT molecular complexity index is 363. The summed E-state index contributed by atoms with van der Waals surface area (Å²) in [6, 6.07) is 3.17. The number of halogens is 2. The predicted molar refractivity (Wildman–Crippen MR) is 69.5 cm³/mol. The molecule has 0 aliphatic heterocycles. The van der Waals surface area contributed by atoms with E-state index in [0.29, 0.717) is 19.3 Å². The van der Waals surface area contributed by atoms with Crippen molar-refractivity contribution >= 4 is 51.2 Å². The molecule has 1 aromatic carbocycles. The van der Waals surface area contributed by atoms with Gasteiger partial charge >= 0.3 is 5.97 Å². The number of hydrogen-bond donors (Lipinski definition) is 1. The minimum atomic E-state index is -0.352. The van der Waals surface area contributed by atoms with Gasteiger partial charge in [0.25, 0.3) is 0 Å². The van der Waals surface area contributed by atoms with Crippen LogP contribution in [0.1, 0.15) is 17.3 Å². The van der Waals surface area contributed by atoms with Crippen molar-refractivity contribution in [1.82, 2.24) is 0 Å². The van der Waals surface area contributed by atoms with Gasteiger partial charge < -0.3 is 9.84 Å². The first-order chi connectivity index (χ1) is 6.56. The van der Waals surface area contributed by atoms with Crippen LogP contribution < -0.4 is 0 Å². The summed E-state index contributed by atoms with van der Waals surface area (Å²) in [6.07, 6.45) is 0. The SMILES string of the molecule is CCOC(=O)c1cc(I)c(O)cc1I. The first-order valence-electron chi connectivity index (χ1n) is 3.91. The largest absolute Gasteiger partial charge is 0.507 e. The van der Waals surface area contributed by atoms with Crippen LogP contribution in [0.25, 0.3) is 0 Å². The molecule has 0 saturated heterocycles. The summed E-state index contributed by atoms with van der Waals surface area (Å²) >= 11 is 3.96. The van der Waals surface area contributed by atoms with E-state index in [1.807, 2.05) is 45.2 Å². The lowest BCUT2D eigenvalue weighted by Crippen LogP contribution is -2.07. The Hall–Kier alpha value is -0.0500. The normalized spacial score (nSPS) is 9.93. The third kappa shape index (κ3) is 2.72. The van der Waals surface area contributed by atoms with Crippen LogP contribution in [0.4, 0.5) is 0 Å². The molecule has 0 saturated carbocycles. The molecule has 3 nitrogen and oxygen atoms in total. The summed E-state index contributed by atoms with van der Waals surface area (Å²) in [5.74, 6) is -0.169. The number of phenolic OH excluding ortho intramolecular Hbond substituents is 1. The highest BCUT2D eigenvalue weighted by molar-refractivity contribution is 14.1. The van der Waals surface area contributed by atoms with Gasteiger partial charge in [0.15, 0.2) is 0 Å². The second kappa shape index (κ2) is 5.15. The van der Waals surface area contributed by atoms with Crippen molar-refractivity contribution in [2.75, 3.05) is 6.61 Å². The quantitative estimate of drug-likeness (QED) is 0.594. The van der Waals surface area contributed by atoms with Gasteiger partial charge in [0.05, 0.1) is 15.7 Å². The van der Waals surface area contributed by atoms with E-state index in [1.165, 1.54) is 0 Å². The molecule has 0 aliphatic carbocycles. The van der Waals surface area contributed by atoms with Crippen molar-refractivity contribution in [2.24, 2.45) is 0 Å². The number of rotatable bonds is 2. The van der Waals surface area contributed by atoms with Gasteiger partial charge in [0.2, 0.25) is 0 Å². The molecular weight excluding hydrogens is 410 g/mol. The number of phenols is 1. The van der Waals surface area contributed by atoms with Gasteiger partial charge in [-0.1, -0.05) is 0 Å². The first kappa shape index (κ1) is 12.0. The lowest BCUT2D eigenvalue weighted by Gasteiger charge is -2.05. The van der Waals surface area contributed by atoms with E-state index in [9.17, 15) is 9.90 Å². The van der Waals surface area contributed by atoms with Crippen LogP contribution >= 0.6 is 45.2 Å². The molecule has 14 heavy (non-hydrogen) atoms. The topological polar surface area (TPSA) is 46.5 Å². The number of ether oxygens (including phenoxy) is 1. The van der Waals surface area contributed by atoms with Crippen molar-refractivity contribution in [2.45, 2.75) is 6.92 Å². The fourth-order valence-corrected chi connectivity index (χ4v) is 2.04. The van der Waals surface area contributed by atoms with Gasteiger partial charge in [-0.15, -0.1) is 0 Å². The van der Waals surface area contributed by atoms with Crippen LogP contribution in [-0.4, -0.2) is 17.7 Å². The molecule has 0 amide bonds. The van der Waals surface area contributed by atoms with Crippen LogP contribution in [0.2, 0.25) is 0 Å². The molecule has 76 valence electrons. The first-order valence-corrected chi connectivity index (χ1v) is 6.07.